The van der Waals surface area contributed by atoms with Crippen molar-refractivity contribution in [1.29, 1.82) is 0 Å². The zero-order chi connectivity index (χ0) is 15.1. The molecule has 0 bridgehead atoms. The molecule has 2 aliphatic rings. The van der Waals surface area contributed by atoms with E-state index in [4.69, 9.17) is 6.42 Å². The summed E-state index contributed by atoms with van der Waals surface area (Å²) < 4.78 is 0. The largest absolute Gasteiger partial charge is 0.392 e. The molecule has 2 nitrogen and oxygen atoms in total. The molecule has 1 heterocycles. The fourth-order valence-electron chi connectivity index (χ4n) is 4.00. The molecule has 1 saturated heterocycles. The molecule has 1 aliphatic heterocycles. The smallest absolute Gasteiger partial charge is 0.0620 e. The first-order chi connectivity index (χ1) is 10.2. The Balaban J connectivity index is 2.12. The minimum absolute atomic E-state index is 0.0457. The van der Waals surface area contributed by atoms with E-state index in [-0.39, 0.29) is 17.6 Å². The minimum atomic E-state index is -0.248. The van der Waals surface area contributed by atoms with Crippen molar-refractivity contribution in [3.05, 3.63) is 37.0 Å². The Hall–Kier alpha value is -1.30. The highest BCUT2D eigenvalue weighted by molar-refractivity contribution is 5.15. The van der Waals surface area contributed by atoms with Crippen LogP contribution in [0.15, 0.2) is 37.0 Å². The Kier molecular flexibility index (Phi) is 5.85. The number of aliphatic hydroxyl groups excluding tert-OH is 1. The van der Waals surface area contributed by atoms with Gasteiger partial charge in [-0.25, -0.2) is 0 Å². The second-order valence-corrected chi connectivity index (χ2v) is 6.30. The van der Waals surface area contributed by atoms with Crippen molar-refractivity contribution in [3.8, 4) is 12.3 Å². The lowest BCUT2D eigenvalue weighted by Crippen LogP contribution is -2.61. The number of hydrogen-bond donors (Lipinski definition) is 2. The van der Waals surface area contributed by atoms with Crippen LogP contribution in [-0.4, -0.2) is 22.8 Å². The zero-order valence-electron chi connectivity index (χ0n) is 12.8. The number of terminal acetylenes is 1. The predicted molar refractivity (Wildman–Crippen MR) is 88.8 cm³/mol. The fraction of sp³-hybridized carbons (Fsp3) is 0.579. The number of hydrogen-bond acceptors (Lipinski definition) is 2. The van der Waals surface area contributed by atoms with Crippen LogP contribution in [0.2, 0.25) is 0 Å². The molecule has 2 heteroatoms. The molecule has 114 valence electrons. The third-order valence-electron chi connectivity index (χ3n) is 4.93. The molecule has 0 radical (unpaired) electrons. The van der Waals surface area contributed by atoms with Gasteiger partial charge in [-0.2, -0.15) is 0 Å². The van der Waals surface area contributed by atoms with Crippen LogP contribution >= 0.6 is 0 Å². The molecule has 4 unspecified atom stereocenters. The molecule has 2 fully saturated rings. The maximum atomic E-state index is 10.4. The van der Waals surface area contributed by atoms with Gasteiger partial charge in [0.15, 0.2) is 0 Å². The highest BCUT2D eigenvalue weighted by Gasteiger charge is 2.45. The minimum Gasteiger partial charge on any atom is -0.392 e. The molecule has 0 aromatic carbocycles. The van der Waals surface area contributed by atoms with E-state index >= 15 is 0 Å². The van der Waals surface area contributed by atoms with Crippen molar-refractivity contribution in [2.24, 2.45) is 5.92 Å². The van der Waals surface area contributed by atoms with Gasteiger partial charge in [-0.15, -0.1) is 6.42 Å². The molecule has 2 rings (SSSR count). The van der Waals surface area contributed by atoms with E-state index in [1.807, 2.05) is 6.08 Å². The maximum Gasteiger partial charge on any atom is 0.0620 e. The Labute approximate surface area is 129 Å². The van der Waals surface area contributed by atoms with E-state index in [0.29, 0.717) is 6.04 Å². The van der Waals surface area contributed by atoms with Gasteiger partial charge >= 0.3 is 0 Å². The van der Waals surface area contributed by atoms with Crippen molar-refractivity contribution in [2.45, 2.75) is 62.6 Å². The summed E-state index contributed by atoms with van der Waals surface area (Å²) in [5.74, 6) is 2.74. The Morgan fingerprint density at radius 1 is 1.33 bits per heavy atom. The monoisotopic (exact) mass is 285 g/mol. The molecular formula is C19H27NO. The first-order valence-electron chi connectivity index (χ1n) is 8.08. The van der Waals surface area contributed by atoms with Crippen LogP contribution in [0.5, 0.6) is 0 Å². The third kappa shape index (κ3) is 3.87. The van der Waals surface area contributed by atoms with E-state index in [2.05, 4.69) is 30.0 Å². The van der Waals surface area contributed by atoms with E-state index < -0.39 is 0 Å². The molecule has 0 aromatic heterocycles. The number of aliphatic hydroxyl groups is 1. The average Bonchev–Trinajstić information content (AvgIpc) is 2.47. The summed E-state index contributed by atoms with van der Waals surface area (Å²) in [4.78, 5) is 0. The van der Waals surface area contributed by atoms with Gasteiger partial charge in [-0.3, -0.25) is 0 Å². The van der Waals surface area contributed by atoms with E-state index in [1.165, 1.54) is 12.8 Å². The van der Waals surface area contributed by atoms with Gasteiger partial charge < -0.3 is 10.4 Å². The number of nitrogens with one attached hydrogen (secondary N) is 1. The molecule has 2 N–H and O–H groups in total. The molecule has 4 atom stereocenters. The summed E-state index contributed by atoms with van der Waals surface area (Å²) in [5.41, 5.74) is 0.0457. The van der Waals surface area contributed by atoms with Gasteiger partial charge in [0.05, 0.1) is 6.10 Å². The van der Waals surface area contributed by atoms with Crippen LogP contribution in [0.4, 0.5) is 0 Å². The predicted octanol–water partition coefficient (Wildman–Crippen LogP) is 3.35. The number of rotatable bonds is 4. The normalized spacial score (nSPS) is 37.0. The molecule has 1 aliphatic carbocycles. The lowest BCUT2D eigenvalue weighted by Gasteiger charge is -2.51. The molecule has 0 amide bonds. The highest BCUT2D eigenvalue weighted by Crippen LogP contribution is 2.41. The topological polar surface area (TPSA) is 32.3 Å². The second kappa shape index (κ2) is 7.64. The standard InChI is InChI=1S/C19H27NO/c1-3-5-7-10-16-11-8-14-19(20-16)15-9-13-18(21)17(19)12-6-4-2/h1,4-7,12,16-18,20-21H,2,8-11,13-15H2. The second-order valence-electron chi connectivity index (χ2n) is 6.30. The molecule has 1 saturated carbocycles. The summed E-state index contributed by atoms with van der Waals surface area (Å²) in [5, 5.41) is 14.3. The zero-order valence-corrected chi connectivity index (χ0v) is 12.8. The summed E-state index contributed by atoms with van der Waals surface area (Å²) >= 11 is 0. The van der Waals surface area contributed by atoms with Crippen LogP contribution in [-0.2, 0) is 0 Å². The molecule has 1 spiro atoms. The quantitative estimate of drug-likeness (QED) is 0.613. The molecule has 0 aromatic rings. The SMILES string of the molecule is C#CC=CCC1CCCC2(CCCC(O)C2C=CC=C)N1. The summed E-state index contributed by atoms with van der Waals surface area (Å²) in [6.07, 6.45) is 22.5. The molecule has 21 heavy (non-hydrogen) atoms. The van der Waals surface area contributed by atoms with Crippen LogP contribution in [0, 0.1) is 18.3 Å². The van der Waals surface area contributed by atoms with Gasteiger partial charge in [0, 0.05) is 17.5 Å². The highest BCUT2D eigenvalue weighted by atomic mass is 16.3. The number of piperidine rings is 1. The van der Waals surface area contributed by atoms with Crippen molar-refractivity contribution in [3.63, 3.8) is 0 Å². The average molecular weight is 285 g/mol. The van der Waals surface area contributed by atoms with Crippen molar-refractivity contribution in [2.75, 3.05) is 0 Å². The van der Waals surface area contributed by atoms with Gasteiger partial charge in [0.25, 0.3) is 0 Å². The van der Waals surface area contributed by atoms with Crippen LogP contribution in [0.3, 0.4) is 0 Å². The van der Waals surface area contributed by atoms with Crippen molar-refractivity contribution >= 4 is 0 Å². The van der Waals surface area contributed by atoms with Gasteiger partial charge in [-0.1, -0.05) is 43.2 Å². The lowest BCUT2D eigenvalue weighted by atomic mass is 9.66. The maximum absolute atomic E-state index is 10.4. The van der Waals surface area contributed by atoms with Crippen molar-refractivity contribution in [1.82, 2.24) is 5.32 Å². The Morgan fingerprint density at radius 2 is 2.10 bits per heavy atom. The Bertz CT molecular complexity index is 441. The fourth-order valence-corrected chi connectivity index (χ4v) is 4.00. The van der Waals surface area contributed by atoms with Crippen LogP contribution < -0.4 is 5.32 Å². The lowest BCUT2D eigenvalue weighted by molar-refractivity contribution is 0.00392. The summed E-state index contributed by atoms with van der Waals surface area (Å²) in [6.45, 7) is 3.75. The number of allylic oxidation sites excluding steroid dienone is 3. The summed E-state index contributed by atoms with van der Waals surface area (Å²) in [6, 6.07) is 0.466. The van der Waals surface area contributed by atoms with E-state index in [0.717, 1.165) is 32.1 Å². The first kappa shape index (κ1) is 16.1. The third-order valence-corrected chi connectivity index (χ3v) is 4.93. The summed E-state index contributed by atoms with van der Waals surface area (Å²) in [7, 11) is 0. The Morgan fingerprint density at radius 3 is 2.81 bits per heavy atom. The van der Waals surface area contributed by atoms with E-state index in [1.54, 1.807) is 12.2 Å². The van der Waals surface area contributed by atoms with Crippen LogP contribution in [0.25, 0.3) is 0 Å². The van der Waals surface area contributed by atoms with Gasteiger partial charge in [0.1, 0.15) is 0 Å². The van der Waals surface area contributed by atoms with E-state index in [9.17, 15) is 5.11 Å². The van der Waals surface area contributed by atoms with Gasteiger partial charge in [0.2, 0.25) is 0 Å². The van der Waals surface area contributed by atoms with Crippen molar-refractivity contribution < 1.29 is 5.11 Å². The van der Waals surface area contributed by atoms with Crippen LogP contribution in [0.1, 0.15) is 44.9 Å². The molecular weight excluding hydrogens is 258 g/mol. The first-order valence-corrected chi connectivity index (χ1v) is 8.08. The van der Waals surface area contributed by atoms with Gasteiger partial charge in [-0.05, 0) is 44.6 Å².